The number of carbonyl (C=O) groups excluding carboxylic acids is 1. The lowest BCUT2D eigenvalue weighted by atomic mass is 9.43. The summed E-state index contributed by atoms with van der Waals surface area (Å²) in [5.74, 6) is 0.414. The second kappa shape index (κ2) is 9.50. The molecule has 6 aliphatic rings. The maximum Gasteiger partial charge on any atom is 0.331 e. The van der Waals surface area contributed by atoms with Crippen molar-refractivity contribution in [1.82, 2.24) is 0 Å². The first kappa shape index (κ1) is 27.1. The first-order valence-corrected chi connectivity index (χ1v) is 14.6. The smallest absolute Gasteiger partial charge is 0.331 e. The molecule has 0 spiro atoms. The number of aliphatic hydroxyl groups excluding tert-OH is 4. The summed E-state index contributed by atoms with van der Waals surface area (Å²) in [5.41, 5.74) is -0.401. The number of cyclic esters (lactones) is 1. The minimum absolute atomic E-state index is 0.0831. The van der Waals surface area contributed by atoms with E-state index in [-0.39, 0.29) is 53.2 Å². The van der Waals surface area contributed by atoms with E-state index < -0.39 is 36.3 Å². The molecule has 0 aromatic rings. The first-order valence-electron chi connectivity index (χ1n) is 14.6. The van der Waals surface area contributed by atoms with Gasteiger partial charge in [0.05, 0.1) is 17.8 Å². The molecule has 2 aliphatic heterocycles. The van der Waals surface area contributed by atoms with Crippen LogP contribution in [0.15, 0.2) is 11.6 Å². The Morgan fingerprint density at radius 1 is 1.00 bits per heavy atom. The van der Waals surface area contributed by atoms with Gasteiger partial charge >= 0.3 is 5.97 Å². The van der Waals surface area contributed by atoms with Crippen molar-refractivity contribution in [2.45, 2.75) is 114 Å². The standard InChI is InChI=1S/C29H44O9/c1-15-23(32)24(33)25(34)26(37-15)38-18-5-9-28(14-30)17(12-18)3-4-21-20(28)6-8-27(2)19(7-10-29(21,27)35)16-11-22(31)36-13-16/h11,15,17-21,23-26,30,32-35H,3-10,12-14H2,1-2H3/t15-,17+,18+,19-,20-,21+,23+,24-,25+,26+,27+,28-,29+/m0/s1. The molecule has 9 nitrogen and oxygen atoms in total. The van der Waals surface area contributed by atoms with E-state index in [9.17, 15) is 30.3 Å². The predicted molar refractivity (Wildman–Crippen MR) is 134 cm³/mol. The summed E-state index contributed by atoms with van der Waals surface area (Å²) in [7, 11) is 0. The monoisotopic (exact) mass is 536 g/mol. The van der Waals surface area contributed by atoms with Gasteiger partial charge in [0.1, 0.15) is 24.9 Å². The Bertz CT molecular complexity index is 970. The first-order chi connectivity index (χ1) is 18.0. The van der Waals surface area contributed by atoms with Crippen LogP contribution in [-0.2, 0) is 19.0 Å². The van der Waals surface area contributed by atoms with Gasteiger partial charge in [0, 0.05) is 18.1 Å². The van der Waals surface area contributed by atoms with E-state index in [2.05, 4.69) is 6.92 Å². The Kier molecular flexibility index (Phi) is 6.78. The highest BCUT2D eigenvalue weighted by molar-refractivity contribution is 5.85. The molecule has 13 atom stereocenters. The van der Waals surface area contributed by atoms with Crippen LogP contribution >= 0.6 is 0 Å². The van der Waals surface area contributed by atoms with E-state index in [0.29, 0.717) is 19.4 Å². The molecule has 0 radical (unpaired) electrons. The molecule has 4 aliphatic carbocycles. The number of esters is 1. The maximum atomic E-state index is 12.4. The second-order valence-electron chi connectivity index (χ2n) is 13.4. The van der Waals surface area contributed by atoms with Crippen LogP contribution in [0.25, 0.3) is 0 Å². The van der Waals surface area contributed by atoms with E-state index >= 15 is 0 Å². The normalized spacial score (nSPS) is 54.5. The average Bonchev–Trinajstić information content (AvgIpc) is 3.45. The Morgan fingerprint density at radius 3 is 2.50 bits per heavy atom. The number of rotatable bonds is 4. The van der Waals surface area contributed by atoms with Crippen molar-refractivity contribution in [2.75, 3.05) is 13.2 Å². The fourth-order valence-electron chi connectivity index (χ4n) is 9.91. The molecule has 0 aromatic heterocycles. The number of aliphatic hydroxyl groups is 5. The van der Waals surface area contributed by atoms with Gasteiger partial charge in [0.15, 0.2) is 6.29 Å². The zero-order valence-electron chi connectivity index (χ0n) is 22.5. The topological polar surface area (TPSA) is 146 Å². The third-order valence-corrected chi connectivity index (χ3v) is 12.1. The quantitative estimate of drug-likeness (QED) is 0.266. The van der Waals surface area contributed by atoms with Crippen molar-refractivity contribution in [1.29, 1.82) is 0 Å². The molecule has 0 unspecified atom stereocenters. The second-order valence-corrected chi connectivity index (χ2v) is 13.4. The minimum atomic E-state index is -1.32. The minimum Gasteiger partial charge on any atom is -0.458 e. The molecule has 5 fully saturated rings. The zero-order chi connectivity index (χ0) is 27.0. The van der Waals surface area contributed by atoms with E-state index in [0.717, 1.165) is 50.5 Å². The molecule has 214 valence electrons. The lowest BCUT2D eigenvalue weighted by molar-refractivity contribution is -0.311. The van der Waals surface area contributed by atoms with E-state index in [1.165, 1.54) is 0 Å². The van der Waals surface area contributed by atoms with Crippen molar-refractivity contribution in [3.8, 4) is 0 Å². The molecule has 0 amide bonds. The maximum absolute atomic E-state index is 12.4. The molecule has 0 bridgehead atoms. The van der Waals surface area contributed by atoms with E-state index in [4.69, 9.17) is 14.2 Å². The van der Waals surface area contributed by atoms with Gasteiger partial charge in [-0.25, -0.2) is 4.79 Å². The number of hydrogen-bond acceptors (Lipinski definition) is 9. The van der Waals surface area contributed by atoms with Crippen molar-refractivity contribution in [2.24, 2.45) is 34.5 Å². The molecule has 5 N–H and O–H groups in total. The summed E-state index contributed by atoms with van der Waals surface area (Å²) in [5, 5.41) is 53.9. The molecular formula is C29H44O9. The van der Waals surface area contributed by atoms with Crippen molar-refractivity contribution >= 4 is 5.97 Å². The largest absolute Gasteiger partial charge is 0.458 e. The highest BCUT2D eigenvalue weighted by Gasteiger charge is 2.68. The van der Waals surface area contributed by atoms with Crippen molar-refractivity contribution in [3.63, 3.8) is 0 Å². The number of fused-ring (bicyclic) bond motifs is 5. The molecule has 2 heterocycles. The summed E-state index contributed by atoms with van der Waals surface area (Å²) in [6.07, 6.45) is 3.35. The van der Waals surface area contributed by atoms with Crippen molar-refractivity contribution < 1.29 is 44.5 Å². The van der Waals surface area contributed by atoms with Crippen LogP contribution in [0.4, 0.5) is 0 Å². The summed E-state index contributed by atoms with van der Waals surface area (Å²) < 4.78 is 17.1. The highest BCUT2D eigenvalue weighted by Crippen LogP contribution is 2.70. The van der Waals surface area contributed by atoms with E-state index in [1.54, 1.807) is 13.0 Å². The Morgan fingerprint density at radius 2 is 1.79 bits per heavy atom. The number of hydrogen-bond donors (Lipinski definition) is 5. The van der Waals surface area contributed by atoms with Crippen LogP contribution < -0.4 is 0 Å². The summed E-state index contributed by atoms with van der Waals surface area (Å²) in [6.45, 7) is 4.27. The lowest BCUT2D eigenvalue weighted by Gasteiger charge is -2.64. The number of ether oxygens (including phenoxy) is 3. The van der Waals surface area contributed by atoms with Crippen LogP contribution in [0.2, 0.25) is 0 Å². The molecule has 0 aromatic carbocycles. The summed E-state index contributed by atoms with van der Waals surface area (Å²) >= 11 is 0. The fraction of sp³-hybridized carbons (Fsp3) is 0.897. The van der Waals surface area contributed by atoms with Gasteiger partial charge in [-0.2, -0.15) is 0 Å². The third-order valence-electron chi connectivity index (χ3n) is 12.1. The van der Waals surface area contributed by atoms with E-state index in [1.807, 2.05) is 0 Å². The van der Waals surface area contributed by atoms with Crippen LogP contribution in [0.5, 0.6) is 0 Å². The molecular weight excluding hydrogens is 492 g/mol. The van der Waals surface area contributed by atoms with Crippen molar-refractivity contribution in [3.05, 3.63) is 11.6 Å². The van der Waals surface area contributed by atoms with Gasteiger partial charge in [-0.3, -0.25) is 0 Å². The lowest BCUT2D eigenvalue weighted by Crippen LogP contribution is -2.64. The molecule has 38 heavy (non-hydrogen) atoms. The van der Waals surface area contributed by atoms with Crippen LogP contribution in [0.3, 0.4) is 0 Å². The molecule has 1 saturated heterocycles. The van der Waals surface area contributed by atoms with Gasteiger partial charge < -0.3 is 39.7 Å². The van der Waals surface area contributed by atoms with Crippen LogP contribution in [0, 0.1) is 34.5 Å². The SMILES string of the molecule is C[C@@H]1O[C@H](O[C@@H]2CC[C@]3(CO)[C@H](CC[C@@H]4[C@@H]3CC[C@]3(C)[C@H](C5=CC(=O)OC5)CC[C@@]43O)C2)[C@H](O)[C@@H](O)[C@@H]1O. The predicted octanol–water partition coefficient (Wildman–Crippen LogP) is 1.43. The fourth-order valence-corrected chi connectivity index (χ4v) is 9.91. The third kappa shape index (κ3) is 3.80. The Balaban J connectivity index is 1.19. The van der Waals surface area contributed by atoms with Gasteiger partial charge in [-0.1, -0.05) is 6.92 Å². The average molecular weight is 537 g/mol. The highest BCUT2D eigenvalue weighted by atomic mass is 16.7. The zero-order valence-corrected chi connectivity index (χ0v) is 22.5. The van der Waals surface area contributed by atoms with Gasteiger partial charge in [0.25, 0.3) is 0 Å². The number of carbonyl (C=O) groups is 1. The molecule has 6 rings (SSSR count). The van der Waals surface area contributed by atoms with Gasteiger partial charge in [-0.15, -0.1) is 0 Å². The summed E-state index contributed by atoms with van der Waals surface area (Å²) in [4.78, 5) is 11.8. The Hall–Kier alpha value is -1.07. The molecule has 9 heteroatoms. The van der Waals surface area contributed by atoms with Gasteiger partial charge in [0.2, 0.25) is 0 Å². The van der Waals surface area contributed by atoms with Gasteiger partial charge in [-0.05, 0) is 99.4 Å². The summed E-state index contributed by atoms with van der Waals surface area (Å²) in [6, 6.07) is 0. The van der Waals surface area contributed by atoms with Crippen LogP contribution in [0.1, 0.15) is 71.6 Å². The molecule has 4 saturated carbocycles. The Labute approximate surface area is 224 Å². The van der Waals surface area contributed by atoms with Crippen LogP contribution in [-0.4, -0.2) is 87.1 Å².